The smallest absolute Gasteiger partial charge is 0.231 e. The molecule has 0 spiro atoms. The summed E-state index contributed by atoms with van der Waals surface area (Å²) in [6.45, 7) is 0.438. The number of hydrogen-bond acceptors (Lipinski definition) is 8. The van der Waals surface area contributed by atoms with Gasteiger partial charge in [-0.2, -0.15) is 0 Å². The molecule has 2 aliphatic rings. The summed E-state index contributed by atoms with van der Waals surface area (Å²) < 4.78 is 24.1. The van der Waals surface area contributed by atoms with Crippen molar-refractivity contribution in [2.24, 2.45) is 7.05 Å². The molecule has 0 saturated heterocycles. The molecule has 6 rings (SSSR count). The maximum atomic E-state index is 5.57. The third-order valence-corrected chi connectivity index (χ3v) is 6.04. The van der Waals surface area contributed by atoms with E-state index < -0.39 is 0 Å². The Kier molecular flexibility index (Phi) is 3.95. The Morgan fingerprint density at radius 3 is 2.50 bits per heavy atom. The predicted octanol–water partition coefficient (Wildman–Crippen LogP) is 3.78. The van der Waals surface area contributed by atoms with Crippen molar-refractivity contribution in [2.75, 3.05) is 13.6 Å². The van der Waals surface area contributed by atoms with Gasteiger partial charge in [0, 0.05) is 36.5 Å². The molecule has 9 heteroatoms. The quantitative estimate of drug-likeness (QED) is 0.462. The van der Waals surface area contributed by atoms with Gasteiger partial charge in [0.05, 0.1) is 17.0 Å². The fourth-order valence-corrected chi connectivity index (χ4v) is 4.30. The first-order valence-corrected chi connectivity index (χ1v) is 10.3. The lowest BCUT2D eigenvalue weighted by molar-refractivity contribution is 0.173. The molecule has 0 radical (unpaired) electrons. The van der Waals surface area contributed by atoms with Gasteiger partial charge in [0.25, 0.3) is 0 Å². The van der Waals surface area contributed by atoms with Gasteiger partial charge in [-0.05, 0) is 24.3 Å². The second-order valence-electron chi connectivity index (χ2n) is 6.89. The third kappa shape index (κ3) is 2.89. The molecule has 0 N–H and O–H groups in total. The molecule has 2 aromatic heterocycles. The molecule has 150 valence electrons. The van der Waals surface area contributed by atoms with Crippen LogP contribution in [0, 0.1) is 0 Å². The Hall–Kier alpha value is -3.46. The van der Waals surface area contributed by atoms with Crippen LogP contribution in [0.2, 0.25) is 0 Å². The number of aryl methyl sites for hydroxylation is 1. The summed E-state index contributed by atoms with van der Waals surface area (Å²) in [5, 5.41) is 1.80. The molecule has 4 aromatic rings. The van der Waals surface area contributed by atoms with Crippen molar-refractivity contribution < 1.29 is 18.9 Å². The normalized spacial score (nSPS) is 13.9. The lowest BCUT2D eigenvalue weighted by Crippen LogP contribution is -1.99. The fourth-order valence-electron chi connectivity index (χ4n) is 3.52. The number of ether oxygens (including phenoxy) is 4. The van der Waals surface area contributed by atoms with Gasteiger partial charge in [-0.1, -0.05) is 11.8 Å². The van der Waals surface area contributed by atoms with Crippen LogP contribution in [0.5, 0.6) is 23.0 Å². The Morgan fingerprint density at radius 2 is 1.70 bits per heavy atom. The van der Waals surface area contributed by atoms with Crippen LogP contribution in [-0.4, -0.2) is 33.1 Å². The van der Waals surface area contributed by atoms with Gasteiger partial charge in [-0.25, -0.2) is 15.0 Å². The largest absolute Gasteiger partial charge is 0.454 e. The monoisotopic (exact) mass is 420 g/mol. The van der Waals surface area contributed by atoms with Gasteiger partial charge in [-0.15, -0.1) is 0 Å². The van der Waals surface area contributed by atoms with E-state index in [0.29, 0.717) is 28.8 Å². The topological polar surface area (TPSA) is 80.5 Å². The lowest BCUT2D eigenvalue weighted by atomic mass is 10.0. The zero-order chi connectivity index (χ0) is 20.1. The van der Waals surface area contributed by atoms with Gasteiger partial charge >= 0.3 is 0 Å². The summed E-state index contributed by atoms with van der Waals surface area (Å²) in [6.07, 6.45) is 3.70. The minimum Gasteiger partial charge on any atom is -0.454 e. The SMILES string of the molecule is Cn1ccnc1SCc1nc(-c2ccc3c(c2)OCO3)c2cc3c(cc2n1)OCO3. The number of thioether (sulfide) groups is 1. The van der Waals surface area contributed by atoms with Gasteiger partial charge in [0.1, 0.15) is 5.82 Å². The summed E-state index contributed by atoms with van der Waals surface area (Å²) in [5.41, 5.74) is 2.54. The van der Waals surface area contributed by atoms with E-state index in [2.05, 4.69) is 4.98 Å². The average Bonchev–Trinajstić information content (AvgIpc) is 3.50. The predicted molar refractivity (Wildman–Crippen MR) is 110 cm³/mol. The van der Waals surface area contributed by atoms with E-state index in [1.54, 1.807) is 18.0 Å². The van der Waals surface area contributed by atoms with Crippen molar-refractivity contribution in [3.05, 3.63) is 48.5 Å². The number of aromatic nitrogens is 4. The van der Waals surface area contributed by atoms with E-state index in [4.69, 9.17) is 28.9 Å². The molecule has 0 aliphatic carbocycles. The zero-order valence-corrected chi connectivity index (χ0v) is 16.8. The number of imidazole rings is 1. The van der Waals surface area contributed by atoms with Crippen LogP contribution in [0.3, 0.4) is 0 Å². The van der Waals surface area contributed by atoms with E-state index in [1.807, 2.05) is 48.1 Å². The zero-order valence-electron chi connectivity index (χ0n) is 16.0. The fraction of sp³-hybridized carbons (Fsp3) is 0.190. The van der Waals surface area contributed by atoms with Gasteiger partial charge < -0.3 is 23.5 Å². The first kappa shape index (κ1) is 17.4. The Balaban J connectivity index is 1.47. The molecule has 8 nitrogen and oxygen atoms in total. The van der Waals surface area contributed by atoms with E-state index in [9.17, 15) is 0 Å². The number of fused-ring (bicyclic) bond motifs is 3. The van der Waals surface area contributed by atoms with Gasteiger partial charge in [0.15, 0.2) is 28.2 Å². The molecule has 30 heavy (non-hydrogen) atoms. The highest BCUT2D eigenvalue weighted by Crippen LogP contribution is 2.41. The van der Waals surface area contributed by atoms with Gasteiger partial charge in [-0.3, -0.25) is 0 Å². The van der Waals surface area contributed by atoms with E-state index >= 15 is 0 Å². The summed E-state index contributed by atoms with van der Waals surface area (Å²) in [5.74, 6) is 4.14. The van der Waals surface area contributed by atoms with Gasteiger partial charge in [0.2, 0.25) is 13.6 Å². The van der Waals surface area contributed by atoms with Crippen LogP contribution in [0.4, 0.5) is 0 Å². The first-order chi connectivity index (χ1) is 14.7. The van der Waals surface area contributed by atoms with Crippen LogP contribution >= 0.6 is 11.8 Å². The number of rotatable bonds is 4. The van der Waals surface area contributed by atoms with Crippen LogP contribution in [0.15, 0.2) is 47.9 Å². The van der Waals surface area contributed by atoms with Crippen molar-refractivity contribution in [1.82, 2.24) is 19.5 Å². The van der Waals surface area contributed by atoms with E-state index in [0.717, 1.165) is 33.1 Å². The van der Waals surface area contributed by atoms with Crippen LogP contribution in [-0.2, 0) is 12.8 Å². The summed E-state index contributed by atoms with van der Waals surface area (Å²) in [7, 11) is 1.97. The Morgan fingerprint density at radius 1 is 0.933 bits per heavy atom. The number of hydrogen-bond donors (Lipinski definition) is 0. The molecule has 0 amide bonds. The highest BCUT2D eigenvalue weighted by molar-refractivity contribution is 7.98. The molecule has 0 saturated carbocycles. The highest BCUT2D eigenvalue weighted by atomic mass is 32.2. The first-order valence-electron chi connectivity index (χ1n) is 9.35. The second kappa shape index (κ2) is 6.81. The number of benzene rings is 2. The summed E-state index contributed by atoms with van der Waals surface area (Å²) in [6, 6.07) is 9.68. The molecule has 4 heterocycles. The molecular weight excluding hydrogens is 404 g/mol. The summed E-state index contributed by atoms with van der Waals surface area (Å²) in [4.78, 5) is 14.0. The molecule has 0 unspecified atom stereocenters. The highest BCUT2D eigenvalue weighted by Gasteiger charge is 2.21. The van der Waals surface area contributed by atoms with E-state index in [-0.39, 0.29) is 13.6 Å². The van der Waals surface area contributed by atoms with Crippen LogP contribution in [0.1, 0.15) is 5.82 Å². The van der Waals surface area contributed by atoms with Crippen molar-refractivity contribution in [2.45, 2.75) is 10.9 Å². The second-order valence-corrected chi connectivity index (χ2v) is 7.83. The minimum atomic E-state index is 0.209. The number of nitrogens with zero attached hydrogens (tertiary/aromatic N) is 4. The van der Waals surface area contributed by atoms with Crippen molar-refractivity contribution in [1.29, 1.82) is 0 Å². The van der Waals surface area contributed by atoms with Crippen LogP contribution < -0.4 is 18.9 Å². The molecule has 0 fully saturated rings. The minimum absolute atomic E-state index is 0.209. The molecule has 0 atom stereocenters. The van der Waals surface area contributed by atoms with Crippen molar-refractivity contribution >= 4 is 22.7 Å². The molecule has 0 bridgehead atoms. The molecular formula is C21H16N4O4S. The van der Waals surface area contributed by atoms with Crippen molar-refractivity contribution in [3.63, 3.8) is 0 Å². The molecule has 2 aliphatic heterocycles. The average molecular weight is 420 g/mol. The van der Waals surface area contributed by atoms with Crippen LogP contribution in [0.25, 0.3) is 22.2 Å². The Bertz CT molecular complexity index is 1290. The standard InChI is InChI=1S/C21H16N4O4S/c1-25-5-4-22-21(25)30-9-19-23-14-8-18-17(28-11-29-18)7-13(14)20(24-19)12-2-3-15-16(6-12)27-10-26-15/h2-8H,9-11H2,1H3. The Labute approximate surface area is 175 Å². The maximum Gasteiger partial charge on any atom is 0.231 e. The molecule has 2 aromatic carbocycles. The summed E-state index contributed by atoms with van der Waals surface area (Å²) >= 11 is 1.59. The van der Waals surface area contributed by atoms with Crippen molar-refractivity contribution in [3.8, 4) is 34.3 Å². The van der Waals surface area contributed by atoms with E-state index in [1.165, 1.54) is 0 Å². The third-order valence-electron chi connectivity index (χ3n) is 4.99. The lowest BCUT2D eigenvalue weighted by Gasteiger charge is -2.10. The maximum absolute atomic E-state index is 5.57.